The van der Waals surface area contributed by atoms with Gasteiger partial charge in [-0.25, -0.2) is 4.79 Å². The molecule has 0 radical (unpaired) electrons. The number of nitrogens with one attached hydrogen (secondary N) is 3. The third kappa shape index (κ3) is 5.95. The highest BCUT2D eigenvalue weighted by Crippen LogP contribution is 2.10. The monoisotopic (exact) mass is 345 g/mol. The quantitative estimate of drug-likeness (QED) is 0.718. The van der Waals surface area contributed by atoms with Gasteiger partial charge in [-0.2, -0.15) is 0 Å². The third-order valence-electron chi connectivity index (χ3n) is 3.30. The molecule has 3 N–H and O–H groups in total. The Hall–Kier alpha value is -2.83. The van der Waals surface area contributed by atoms with E-state index in [1.807, 2.05) is 24.3 Å². The first-order valence-electron chi connectivity index (χ1n) is 8.09. The first kappa shape index (κ1) is 18.5. The van der Waals surface area contributed by atoms with Gasteiger partial charge in [0.2, 0.25) is 5.91 Å². The van der Waals surface area contributed by atoms with Crippen molar-refractivity contribution in [3.05, 3.63) is 46.2 Å². The number of rotatable bonds is 5. The van der Waals surface area contributed by atoms with Crippen molar-refractivity contribution < 1.29 is 14.3 Å². The van der Waals surface area contributed by atoms with Crippen LogP contribution in [-0.4, -0.2) is 35.7 Å². The summed E-state index contributed by atoms with van der Waals surface area (Å²) in [4.78, 5) is 38.2. The lowest BCUT2D eigenvalue weighted by molar-refractivity contribution is -0.120. The third-order valence-corrected chi connectivity index (χ3v) is 3.30. The van der Waals surface area contributed by atoms with E-state index in [-0.39, 0.29) is 31.0 Å². The summed E-state index contributed by atoms with van der Waals surface area (Å²) in [7, 11) is 0. The fraction of sp³-hybridized carbons (Fsp3) is 0.389. The normalized spacial score (nSPS) is 11.2. The number of hydrogen-bond donors (Lipinski definition) is 3. The molecule has 0 unspecified atom stereocenters. The van der Waals surface area contributed by atoms with Gasteiger partial charge in [0.15, 0.2) is 0 Å². The smallest absolute Gasteiger partial charge is 0.407 e. The van der Waals surface area contributed by atoms with Crippen LogP contribution in [0, 0.1) is 0 Å². The molecule has 2 aromatic rings. The zero-order valence-corrected chi connectivity index (χ0v) is 14.6. The maximum absolute atomic E-state index is 12.0. The minimum absolute atomic E-state index is 0.0212. The van der Waals surface area contributed by atoms with Gasteiger partial charge < -0.3 is 20.4 Å². The summed E-state index contributed by atoms with van der Waals surface area (Å²) >= 11 is 0. The zero-order chi connectivity index (χ0) is 18.4. The number of aromatic nitrogens is 1. The van der Waals surface area contributed by atoms with Crippen molar-refractivity contribution in [3.63, 3.8) is 0 Å². The average molecular weight is 345 g/mol. The Morgan fingerprint density at radius 2 is 1.80 bits per heavy atom. The van der Waals surface area contributed by atoms with Gasteiger partial charge in [0.25, 0.3) is 5.56 Å². The zero-order valence-electron chi connectivity index (χ0n) is 14.6. The Balaban J connectivity index is 1.82. The summed E-state index contributed by atoms with van der Waals surface area (Å²) < 4.78 is 5.09. The van der Waals surface area contributed by atoms with Crippen LogP contribution in [0.5, 0.6) is 0 Å². The first-order chi connectivity index (χ1) is 11.7. The molecule has 0 fully saturated rings. The molecule has 0 bridgehead atoms. The SMILES string of the molecule is CC(C)(C)OC(=O)NCCNC(=O)Cc1cc2ccccc2[nH]c1=O. The number of aromatic amines is 1. The van der Waals surface area contributed by atoms with Crippen LogP contribution in [0.3, 0.4) is 0 Å². The molecule has 0 spiro atoms. The molecule has 7 nitrogen and oxygen atoms in total. The number of carbonyl (C=O) groups excluding carboxylic acids is 2. The molecule has 0 saturated heterocycles. The Morgan fingerprint density at radius 1 is 1.12 bits per heavy atom. The van der Waals surface area contributed by atoms with E-state index in [2.05, 4.69) is 15.6 Å². The lowest BCUT2D eigenvalue weighted by atomic mass is 10.1. The summed E-state index contributed by atoms with van der Waals surface area (Å²) in [5.74, 6) is -0.285. The maximum atomic E-state index is 12.0. The number of fused-ring (bicyclic) bond motifs is 1. The van der Waals surface area contributed by atoms with E-state index in [9.17, 15) is 14.4 Å². The number of amides is 2. The predicted octanol–water partition coefficient (Wildman–Crippen LogP) is 1.71. The number of para-hydroxylation sites is 1. The van der Waals surface area contributed by atoms with Crippen molar-refractivity contribution in [1.82, 2.24) is 15.6 Å². The van der Waals surface area contributed by atoms with Crippen LogP contribution in [0.25, 0.3) is 10.9 Å². The molecule has 0 saturated carbocycles. The number of pyridine rings is 1. The fourth-order valence-electron chi connectivity index (χ4n) is 2.24. The molecule has 0 aliphatic rings. The summed E-state index contributed by atoms with van der Waals surface area (Å²) in [6, 6.07) is 9.10. The molecule has 1 aromatic heterocycles. The maximum Gasteiger partial charge on any atom is 0.407 e. The van der Waals surface area contributed by atoms with E-state index in [1.54, 1.807) is 26.8 Å². The van der Waals surface area contributed by atoms with Crippen LogP contribution < -0.4 is 16.2 Å². The van der Waals surface area contributed by atoms with Gasteiger partial charge in [-0.05, 0) is 38.3 Å². The highest BCUT2D eigenvalue weighted by Gasteiger charge is 2.15. The van der Waals surface area contributed by atoms with Crippen LogP contribution in [0.1, 0.15) is 26.3 Å². The van der Waals surface area contributed by atoms with E-state index < -0.39 is 11.7 Å². The highest BCUT2D eigenvalue weighted by atomic mass is 16.6. The summed E-state index contributed by atoms with van der Waals surface area (Å²) in [6.07, 6.45) is -0.556. The van der Waals surface area contributed by atoms with Gasteiger partial charge in [-0.15, -0.1) is 0 Å². The summed E-state index contributed by atoms with van der Waals surface area (Å²) in [5, 5.41) is 6.08. The molecule has 0 aliphatic heterocycles. The molecule has 134 valence electrons. The lowest BCUT2D eigenvalue weighted by Gasteiger charge is -2.19. The van der Waals surface area contributed by atoms with Gasteiger partial charge in [0, 0.05) is 24.2 Å². The lowest BCUT2D eigenvalue weighted by Crippen LogP contribution is -2.38. The first-order valence-corrected chi connectivity index (χ1v) is 8.09. The minimum atomic E-state index is -0.565. The largest absolute Gasteiger partial charge is 0.444 e. The van der Waals surface area contributed by atoms with Gasteiger partial charge in [-0.1, -0.05) is 18.2 Å². The topological polar surface area (TPSA) is 100 Å². The van der Waals surface area contributed by atoms with E-state index in [0.29, 0.717) is 5.56 Å². The Kier molecular flexibility index (Phi) is 5.80. The molecule has 2 amide bonds. The molecular weight excluding hydrogens is 322 g/mol. The second-order valence-corrected chi connectivity index (χ2v) is 6.67. The Morgan fingerprint density at radius 3 is 2.52 bits per heavy atom. The van der Waals surface area contributed by atoms with Crippen LogP contribution in [-0.2, 0) is 16.0 Å². The molecule has 7 heteroatoms. The van der Waals surface area contributed by atoms with E-state index in [4.69, 9.17) is 4.74 Å². The van der Waals surface area contributed by atoms with Crippen molar-refractivity contribution in [2.24, 2.45) is 0 Å². The molecular formula is C18H23N3O4. The summed E-state index contributed by atoms with van der Waals surface area (Å²) in [5.41, 5.74) is 0.292. The van der Waals surface area contributed by atoms with Gasteiger partial charge in [-0.3, -0.25) is 9.59 Å². The van der Waals surface area contributed by atoms with Crippen LogP contribution in [0.4, 0.5) is 4.79 Å². The number of ether oxygens (including phenoxy) is 1. The number of alkyl carbamates (subject to hydrolysis) is 1. The van der Waals surface area contributed by atoms with Crippen molar-refractivity contribution >= 4 is 22.9 Å². The minimum Gasteiger partial charge on any atom is -0.444 e. The van der Waals surface area contributed by atoms with Crippen molar-refractivity contribution in [3.8, 4) is 0 Å². The molecule has 2 rings (SSSR count). The van der Waals surface area contributed by atoms with Crippen molar-refractivity contribution in [1.29, 1.82) is 0 Å². The highest BCUT2D eigenvalue weighted by molar-refractivity contribution is 5.82. The number of hydrogen-bond acceptors (Lipinski definition) is 4. The number of carbonyl (C=O) groups is 2. The van der Waals surface area contributed by atoms with Crippen LogP contribution >= 0.6 is 0 Å². The molecule has 0 aliphatic carbocycles. The summed E-state index contributed by atoms with van der Waals surface area (Å²) in [6.45, 7) is 5.82. The van der Waals surface area contributed by atoms with Crippen molar-refractivity contribution in [2.45, 2.75) is 32.8 Å². The second kappa shape index (κ2) is 7.83. The van der Waals surface area contributed by atoms with Gasteiger partial charge >= 0.3 is 6.09 Å². The van der Waals surface area contributed by atoms with Gasteiger partial charge in [0.1, 0.15) is 5.60 Å². The van der Waals surface area contributed by atoms with E-state index >= 15 is 0 Å². The molecule has 1 aromatic carbocycles. The van der Waals surface area contributed by atoms with Gasteiger partial charge in [0.05, 0.1) is 6.42 Å². The average Bonchev–Trinajstić information content (AvgIpc) is 2.50. The van der Waals surface area contributed by atoms with E-state index in [1.165, 1.54) is 0 Å². The molecule has 1 heterocycles. The molecule has 0 atom stereocenters. The standard InChI is InChI=1S/C18H23N3O4/c1-18(2,3)25-17(24)20-9-8-19-15(22)11-13-10-12-6-4-5-7-14(12)21-16(13)23/h4-7,10H,8-9,11H2,1-3H3,(H,19,22)(H,20,24)(H,21,23). The molecule has 25 heavy (non-hydrogen) atoms. The van der Waals surface area contributed by atoms with Crippen molar-refractivity contribution in [2.75, 3.05) is 13.1 Å². The van der Waals surface area contributed by atoms with Crippen LogP contribution in [0.15, 0.2) is 35.1 Å². The number of H-pyrrole nitrogens is 1. The predicted molar refractivity (Wildman–Crippen MR) is 95.5 cm³/mol. The fourth-order valence-corrected chi connectivity index (χ4v) is 2.24. The number of benzene rings is 1. The van der Waals surface area contributed by atoms with Crippen LogP contribution in [0.2, 0.25) is 0 Å². The Bertz CT molecular complexity index is 821. The van der Waals surface area contributed by atoms with E-state index in [0.717, 1.165) is 10.9 Å². The Labute approximate surface area is 145 Å². The second-order valence-electron chi connectivity index (χ2n) is 6.67.